The number of piperidine rings is 1. The molecule has 2 aromatic heterocycles. The highest BCUT2D eigenvalue weighted by Gasteiger charge is 2.23. The molecule has 0 radical (unpaired) electrons. The minimum Gasteiger partial charge on any atom is -0.337 e. The standard InChI is InChI=1S/C11H16N6O/c1-8(17-7-12-6-14-17)11-15-10(16-18-11)9-4-2-3-5-13-9/h6-9,13H,2-5H2,1H3. The third kappa shape index (κ3) is 2.13. The zero-order chi connectivity index (χ0) is 12.4. The minimum absolute atomic E-state index is 0.0858. The molecule has 0 aromatic carbocycles. The summed E-state index contributed by atoms with van der Waals surface area (Å²) in [5.41, 5.74) is 0. The highest BCUT2D eigenvalue weighted by Crippen LogP contribution is 2.22. The Balaban J connectivity index is 1.76. The fraction of sp³-hybridized carbons (Fsp3) is 0.636. The fourth-order valence-corrected chi connectivity index (χ4v) is 2.16. The average Bonchev–Trinajstić information content (AvgIpc) is 3.10. The van der Waals surface area contributed by atoms with Crippen LogP contribution in [-0.4, -0.2) is 31.4 Å². The van der Waals surface area contributed by atoms with E-state index in [0.717, 1.165) is 18.8 Å². The van der Waals surface area contributed by atoms with E-state index < -0.39 is 0 Å². The summed E-state index contributed by atoms with van der Waals surface area (Å²) in [6, 6.07) is 0.136. The summed E-state index contributed by atoms with van der Waals surface area (Å²) >= 11 is 0. The first-order chi connectivity index (χ1) is 8.84. The summed E-state index contributed by atoms with van der Waals surface area (Å²) in [7, 11) is 0. The molecule has 1 aliphatic heterocycles. The minimum atomic E-state index is -0.0858. The molecule has 3 rings (SSSR count). The molecule has 1 N–H and O–H groups in total. The van der Waals surface area contributed by atoms with Gasteiger partial charge in [0, 0.05) is 0 Å². The Hall–Kier alpha value is -1.76. The van der Waals surface area contributed by atoms with Crippen LogP contribution in [0.4, 0.5) is 0 Å². The lowest BCUT2D eigenvalue weighted by molar-refractivity contribution is 0.323. The third-order valence-electron chi connectivity index (χ3n) is 3.27. The van der Waals surface area contributed by atoms with E-state index >= 15 is 0 Å². The van der Waals surface area contributed by atoms with Crippen molar-refractivity contribution >= 4 is 0 Å². The van der Waals surface area contributed by atoms with E-state index in [1.807, 2.05) is 6.92 Å². The Kier molecular flexibility index (Phi) is 3.06. The van der Waals surface area contributed by atoms with Gasteiger partial charge in [-0.3, -0.25) is 0 Å². The maximum absolute atomic E-state index is 5.31. The molecule has 0 spiro atoms. The molecule has 96 valence electrons. The van der Waals surface area contributed by atoms with Gasteiger partial charge in [-0.15, -0.1) is 0 Å². The van der Waals surface area contributed by atoms with E-state index in [0.29, 0.717) is 5.89 Å². The monoisotopic (exact) mass is 248 g/mol. The van der Waals surface area contributed by atoms with Crippen molar-refractivity contribution in [3.8, 4) is 0 Å². The summed E-state index contributed by atoms with van der Waals surface area (Å²) in [5, 5.41) is 11.5. The van der Waals surface area contributed by atoms with Crippen LogP contribution in [0, 0.1) is 0 Å². The van der Waals surface area contributed by atoms with E-state index in [4.69, 9.17) is 4.52 Å². The molecule has 2 unspecified atom stereocenters. The van der Waals surface area contributed by atoms with Crippen LogP contribution in [-0.2, 0) is 0 Å². The zero-order valence-electron chi connectivity index (χ0n) is 10.3. The number of nitrogens with zero attached hydrogens (tertiary/aromatic N) is 5. The first-order valence-electron chi connectivity index (χ1n) is 6.25. The van der Waals surface area contributed by atoms with Crippen LogP contribution in [0.2, 0.25) is 0 Å². The van der Waals surface area contributed by atoms with Gasteiger partial charge in [0.15, 0.2) is 5.82 Å². The third-order valence-corrected chi connectivity index (χ3v) is 3.27. The molecule has 7 heteroatoms. The highest BCUT2D eigenvalue weighted by molar-refractivity contribution is 4.98. The molecule has 2 aromatic rings. The summed E-state index contributed by atoms with van der Waals surface area (Å²) in [4.78, 5) is 8.38. The van der Waals surface area contributed by atoms with Crippen molar-refractivity contribution in [1.29, 1.82) is 0 Å². The predicted octanol–water partition coefficient (Wildman–Crippen LogP) is 1.08. The van der Waals surface area contributed by atoms with Crippen LogP contribution in [0.15, 0.2) is 17.2 Å². The molecule has 0 bridgehead atoms. The molecule has 1 aliphatic rings. The Morgan fingerprint density at radius 2 is 2.44 bits per heavy atom. The van der Waals surface area contributed by atoms with E-state index in [2.05, 4.69) is 25.5 Å². The molecule has 1 fully saturated rings. The Morgan fingerprint density at radius 1 is 1.50 bits per heavy atom. The van der Waals surface area contributed by atoms with Crippen LogP contribution < -0.4 is 5.32 Å². The summed E-state index contributed by atoms with van der Waals surface area (Å²) < 4.78 is 7.01. The fourth-order valence-electron chi connectivity index (χ4n) is 2.16. The van der Waals surface area contributed by atoms with Crippen LogP contribution in [0.3, 0.4) is 0 Å². The lowest BCUT2D eigenvalue weighted by atomic mass is 10.0. The number of hydrogen-bond donors (Lipinski definition) is 1. The lowest BCUT2D eigenvalue weighted by Crippen LogP contribution is -2.27. The van der Waals surface area contributed by atoms with Crippen molar-refractivity contribution in [1.82, 2.24) is 30.2 Å². The van der Waals surface area contributed by atoms with Gasteiger partial charge in [0.2, 0.25) is 0 Å². The van der Waals surface area contributed by atoms with E-state index in [1.54, 1.807) is 11.0 Å². The number of aromatic nitrogens is 5. The van der Waals surface area contributed by atoms with Gasteiger partial charge < -0.3 is 9.84 Å². The van der Waals surface area contributed by atoms with Gasteiger partial charge >= 0.3 is 0 Å². The normalized spacial score (nSPS) is 21.9. The second-order valence-corrected chi connectivity index (χ2v) is 4.54. The van der Waals surface area contributed by atoms with Crippen molar-refractivity contribution in [2.45, 2.75) is 38.3 Å². The van der Waals surface area contributed by atoms with Gasteiger partial charge in [-0.05, 0) is 26.3 Å². The zero-order valence-corrected chi connectivity index (χ0v) is 10.3. The summed E-state index contributed by atoms with van der Waals surface area (Å²) in [5.74, 6) is 1.32. The lowest BCUT2D eigenvalue weighted by Gasteiger charge is -2.19. The Bertz CT molecular complexity index is 487. The molecule has 2 atom stereocenters. The Morgan fingerprint density at radius 3 is 3.17 bits per heavy atom. The van der Waals surface area contributed by atoms with Crippen molar-refractivity contribution in [3.05, 3.63) is 24.4 Å². The second kappa shape index (κ2) is 4.85. The van der Waals surface area contributed by atoms with E-state index in [9.17, 15) is 0 Å². The molecular weight excluding hydrogens is 232 g/mol. The predicted molar refractivity (Wildman–Crippen MR) is 62.7 cm³/mol. The molecule has 18 heavy (non-hydrogen) atoms. The molecule has 0 aliphatic carbocycles. The average molecular weight is 248 g/mol. The van der Waals surface area contributed by atoms with Gasteiger partial charge in [0.05, 0.1) is 6.04 Å². The summed E-state index contributed by atoms with van der Waals surface area (Å²) in [6.45, 7) is 2.98. The molecular formula is C11H16N6O. The first-order valence-corrected chi connectivity index (χ1v) is 6.25. The van der Waals surface area contributed by atoms with Gasteiger partial charge in [0.25, 0.3) is 5.89 Å². The maximum atomic E-state index is 5.31. The van der Waals surface area contributed by atoms with E-state index in [-0.39, 0.29) is 12.1 Å². The number of hydrogen-bond acceptors (Lipinski definition) is 6. The van der Waals surface area contributed by atoms with Crippen LogP contribution in [0.1, 0.15) is 50.0 Å². The topological polar surface area (TPSA) is 81.7 Å². The number of nitrogens with one attached hydrogen (secondary N) is 1. The van der Waals surface area contributed by atoms with Crippen molar-refractivity contribution in [2.75, 3.05) is 6.54 Å². The molecule has 0 saturated carbocycles. The molecule has 0 amide bonds. The van der Waals surface area contributed by atoms with Crippen molar-refractivity contribution in [3.63, 3.8) is 0 Å². The largest absolute Gasteiger partial charge is 0.337 e. The molecule has 3 heterocycles. The Labute approximate surface area is 105 Å². The van der Waals surface area contributed by atoms with Crippen molar-refractivity contribution in [2.24, 2.45) is 0 Å². The summed E-state index contributed by atoms with van der Waals surface area (Å²) in [6.07, 6.45) is 6.64. The van der Waals surface area contributed by atoms with Gasteiger partial charge in [-0.1, -0.05) is 11.6 Å². The van der Waals surface area contributed by atoms with E-state index in [1.165, 1.54) is 19.2 Å². The van der Waals surface area contributed by atoms with Crippen LogP contribution in [0.5, 0.6) is 0 Å². The quantitative estimate of drug-likeness (QED) is 0.875. The number of rotatable bonds is 3. The van der Waals surface area contributed by atoms with Crippen molar-refractivity contribution < 1.29 is 4.52 Å². The maximum Gasteiger partial charge on any atom is 0.251 e. The smallest absolute Gasteiger partial charge is 0.251 e. The van der Waals surface area contributed by atoms with Gasteiger partial charge in [0.1, 0.15) is 18.7 Å². The van der Waals surface area contributed by atoms with Crippen LogP contribution in [0.25, 0.3) is 0 Å². The SMILES string of the molecule is CC(c1nc(C2CCCCN2)no1)n1cncn1. The van der Waals surface area contributed by atoms with Gasteiger partial charge in [-0.25, -0.2) is 9.67 Å². The second-order valence-electron chi connectivity index (χ2n) is 4.54. The molecule has 7 nitrogen and oxygen atoms in total. The molecule has 1 saturated heterocycles. The highest BCUT2D eigenvalue weighted by atomic mass is 16.5. The first kappa shape index (κ1) is 11.3. The van der Waals surface area contributed by atoms with Crippen LogP contribution >= 0.6 is 0 Å². The van der Waals surface area contributed by atoms with Gasteiger partial charge in [-0.2, -0.15) is 10.1 Å².